The highest BCUT2D eigenvalue weighted by Gasteiger charge is 2.24. The lowest BCUT2D eigenvalue weighted by molar-refractivity contribution is 1.18. The number of rotatable bonds is 15. The van der Waals surface area contributed by atoms with E-state index in [0.717, 1.165) is 112 Å². The van der Waals surface area contributed by atoms with Crippen molar-refractivity contribution in [1.82, 2.24) is 29.9 Å². The first-order valence-electron chi connectivity index (χ1n) is 41.8. The van der Waals surface area contributed by atoms with Crippen LogP contribution in [0.1, 0.15) is 0 Å². The molecule has 0 atom stereocenters. The summed E-state index contributed by atoms with van der Waals surface area (Å²) in [5.74, 6) is 1.37. The van der Waals surface area contributed by atoms with Crippen LogP contribution in [0.15, 0.2) is 449 Å². The summed E-state index contributed by atoms with van der Waals surface area (Å²) < 4.78 is 4.90. The molecular formula is C116H74N6S2. The molecule has 0 unspecified atom stereocenters. The molecule has 23 rings (SSSR count). The van der Waals surface area contributed by atoms with E-state index in [9.17, 15) is 0 Å². The lowest BCUT2D eigenvalue weighted by Crippen LogP contribution is -1.96. The Bertz CT molecular complexity index is 7760. The number of nitrogens with zero attached hydrogens (tertiary/aromatic N) is 6. The van der Waals surface area contributed by atoms with E-state index < -0.39 is 0 Å². The van der Waals surface area contributed by atoms with Gasteiger partial charge < -0.3 is 0 Å². The zero-order chi connectivity index (χ0) is 82.2. The van der Waals surface area contributed by atoms with Crippen molar-refractivity contribution in [2.45, 2.75) is 0 Å². The van der Waals surface area contributed by atoms with Crippen LogP contribution in [0.3, 0.4) is 0 Å². The van der Waals surface area contributed by atoms with Crippen molar-refractivity contribution < 1.29 is 0 Å². The first-order valence-corrected chi connectivity index (χ1v) is 43.4. The van der Waals surface area contributed by atoms with Crippen LogP contribution in [0.5, 0.6) is 0 Å². The molecule has 0 N–H and O–H groups in total. The third-order valence-electron chi connectivity index (χ3n) is 23.4. The highest BCUT2D eigenvalue weighted by molar-refractivity contribution is 7.27. The van der Waals surface area contributed by atoms with Gasteiger partial charge in [0, 0.05) is 86.2 Å². The maximum Gasteiger partial charge on any atom is 0.160 e. The van der Waals surface area contributed by atoms with Crippen molar-refractivity contribution in [1.29, 1.82) is 0 Å². The smallest absolute Gasteiger partial charge is 0.160 e. The Kier molecular flexibility index (Phi) is 19.6. The number of fused-ring (bicyclic) bond motifs is 10. The summed E-state index contributed by atoms with van der Waals surface area (Å²) in [6.45, 7) is 0. The molecule has 6 aromatic heterocycles. The molecule has 6 heterocycles. The monoisotopic (exact) mass is 1610 g/mol. The fourth-order valence-electron chi connectivity index (χ4n) is 17.3. The second kappa shape index (κ2) is 32.7. The van der Waals surface area contributed by atoms with Crippen molar-refractivity contribution in [3.8, 4) is 168 Å². The Hall–Kier alpha value is -15.8. The van der Waals surface area contributed by atoms with Crippen molar-refractivity contribution in [2.75, 3.05) is 0 Å². The van der Waals surface area contributed by atoms with E-state index in [-0.39, 0.29) is 0 Å². The Balaban J connectivity index is 0.000000148. The van der Waals surface area contributed by atoms with Crippen molar-refractivity contribution in [3.05, 3.63) is 449 Å². The van der Waals surface area contributed by atoms with Gasteiger partial charge in [0.25, 0.3) is 0 Å². The zero-order valence-corrected chi connectivity index (χ0v) is 68.9. The first-order chi connectivity index (χ1) is 61.4. The second-order valence-electron chi connectivity index (χ2n) is 31.1. The Morgan fingerprint density at radius 2 is 0.411 bits per heavy atom. The average Bonchev–Trinajstić information content (AvgIpc) is 1.55. The molecule has 6 nitrogen and oxygen atoms in total. The van der Waals surface area contributed by atoms with E-state index in [1.54, 1.807) is 0 Å². The van der Waals surface area contributed by atoms with Gasteiger partial charge in [-0.25, -0.2) is 29.9 Å². The minimum absolute atomic E-state index is 0.680. The van der Waals surface area contributed by atoms with Gasteiger partial charge in [0.05, 0.1) is 54.6 Å². The summed E-state index contributed by atoms with van der Waals surface area (Å²) in [5, 5.41) is 7.42. The summed E-state index contributed by atoms with van der Waals surface area (Å²) in [6.07, 6.45) is 0. The fraction of sp³-hybridized carbons (Fsp3) is 0. The molecule has 124 heavy (non-hydrogen) atoms. The van der Waals surface area contributed by atoms with Crippen LogP contribution < -0.4 is 0 Å². The van der Waals surface area contributed by atoms with Gasteiger partial charge in [0.2, 0.25) is 0 Å². The molecule has 0 saturated heterocycles. The normalized spacial score (nSPS) is 11.4. The molecule has 0 saturated carbocycles. The minimum atomic E-state index is 0.680. The molecule has 17 aromatic carbocycles. The summed E-state index contributed by atoms with van der Waals surface area (Å²) in [7, 11) is 0. The maximum atomic E-state index is 5.50. The van der Waals surface area contributed by atoms with Crippen LogP contribution in [-0.4, -0.2) is 29.9 Å². The van der Waals surface area contributed by atoms with Gasteiger partial charge in [-0.3, -0.25) is 0 Å². The van der Waals surface area contributed by atoms with Crippen LogP contribution in [0.25, 0.3) is 230 Å². The Labute approximate surface area is 726 Å². The molecule has 0 bridgehead atoms. The van der Waals surface area contributed by atoms with E-state index in [1.807, 2.05) is 71.2 Å². The van der Waals surface area contributed by atoms with E-state index in [4.69, 9.17) is 29.9 Å². The van der Waals surface area contributed by atoms with Crippen LogP contribution >= 0.6 is 22.7 Å². The number of hydrogen-bond donors (Lipinski definition) is 0. The number of benzene rings is 17. The van der Waals surface area contributed by atoms with Crippen LogP contribution in [0, 0.1) is 0 Å². The standard InChI is InChI=1S/C61H39N3S.C55H35N3S/c1-4-14-40(15-5-1)42-26-32-46(33-27-42)54-39-55(47-34-28-43(29-35-47)41-16-6-2-7-17-41)64-61(63-54)48-36-30-44(31-37-48)49-20-12-21-50(38-49)59-60-58(52-22-10-11-25-56(52)65-60)57-51(23-13-24-53(57)62-59)45-18-8-3-9-19-45;1-4-16-36(17-5-1)39-22-12-25-42(32-39)45-29-15-30-47-51(45)52-46-28-10-11-31-50(46)59-54(52)53(56-47)43-26-13-23-40(33-43)41-24-14-27-44(34-41)55-57-48(37-18-6-2-7-19-37)35-49(58-55)38-20-8-3-9-21-38/h1-39H;1-35H. The van der Waals surface area contributed by atoms with E-state index in [2.05, 4.69) is 400 Å². The summed E-state index contributed by atoms with van der Waals surface area (Å²) in [5.41, 5.74) is 32.1. The second-order valence-corrected chi connectivity index (χ2v) is 33.2. The molecular weight excluding hydrogens is 1540 g/mol. The highest BCUT2D eigenvalue weighted by atomic mass is 32.1. The highest BCUT2D eigenvalue weighted by Crippen LogP contribution is 2.49. The number of thiophene rings is 2. The SMILES string of the molecule is c1ccc(-c2ccc(-c3cc(-c4ccc(-c5ccccc5)cc4)nc(-c4ccc(-c5cccc(-c6nc7cccc(-c8ccccc8)c7c7c6sc6ccccc67)c5)cc4)n3)cc2)cc1.c1ccc(-c2cccc(-c3cccc4nc(-c5cccc(-c6cccc(-c7nc(-c8ccccc8)cc(-c8ccccc8)n7)c6)c5)c5sc6ccccc6c5c34)c2)cc1. The summed E-state index contributed by atoms with van der Waals surface area (Å²) >= 11 is 3.65. The van der Waals surface area contributed by atoms with Crippen LogP contribution in [0.2, 0.25) is 0 Å². The summed E-state index contributed by atoms with van der Waals surface area (Å²) in [6, 6.07) is 159. The van der Waals surface area contributed by atoms with E-state index in [0.29, 0.717) is 11.6 Å². The van der Waals surface area contributed by atoms with Gasteiger partial charge in [0.15, 0.2) is 11.6 Å². The Morgan fingerprint density at radius 3 is 0.831 bits per heavy atom. The Morgan fingerprint density at radius 1 is 0.153 bits per heavy atom. The predicted octanol–water partition coefficient (Wildman–Crippen LogP) is 31.8. The van der Waals surface area contributed by atoms with Crippen LogP contribution in [0.4, 0.5) is 0 Å². The molecule has 0 aliphatic carbocycles. The molecule has 0 spiro atoms. The predicted molar refractivity (Wildman–Crippen MR) is 522 cm³/mol. The molecule has 0 radical (unpaired) electrons. The zero-order valence-electron chi connectivity index (χ0n) is 67.2. The lowest BCUT2D eigenvalue weighted by atomic mass is 9.93. The quantitative estimate of drug-likeness (QED) is 0.102. The fourth-order valence-corrected chi connectivity index (χ4v) is 19.7. The number of pyridine rings is 2. The van der Waals surface area contributed by atoms with Crippen molar-refractivity contribution in [2.24, 2.45) is 0 Å². The van der Waals surface area contributed by atoms with Crippen LogP contribution in [-0.2, 0) is 0 Å². The molecule has 23 aromatic rings. The van der Waals surface area contributed by atoms with E-state index in [1.165, 1.54) is 107 Å². The van der Waals surface area contributed by atoms with Gasteiger partial charge in [0.1, 0.15) is 0 Å². The van der Waals surface area contributed by atoms with Gasteiger partial charge in [-0.05, 0) is 139 Å². The lowest BCUT2D eigenvalue weighted by Gasteiger charge is -2.13. The third-order valence-corrected chi connectivity index (χ3v) is 25.8. The third kappa shape index (κ3) is 14.5. The average molecular weight is 1620 g/mol. The van der Waals surface area contributed by atoms with Gasteiger partial charge in [-0.1, -0.05) is 388 Å². The van der Waals surface area contributed by atoms with Crippen molar-refractivity contribution >= 4 is 84.8 Å². The topological polar surface area (TPSA) is 77.3 Å². The first kappa shape index (κ1) is 74.5. The molecule has 0 amide bonds. The van der Waals surface area contributed by atoms with E-state index >= 15 is 0 Å². The maximum absolute atomic E-state index is 5.50. The molecule has 0 fully saturated rings. The number of aromatic nitrogens is 6. The molecule has 0 aliphatic rings. The summed E-state index contributed by atoms with van der Waals surface area (Å²) in [4.78, 5) is 31.6. The minimum Gasteiger partial charge on any atom is -0.246 e. The molecule has 580 valence electrons. The van der Waals surface area contributed by atoms with Gasteiger partial charge in [-0.15, -0.1) is 22.7 Å². The van der Waals surface area contributed by atoms with Crippen molar-refractivity contribution in [3.63, 3.8) is 0 Å². The number of hydrogen-bond acceptors (Lipinski definition) is 8. The largest absolute Gasteiger partial charge is 0.246 e. The molecule has 8 heteroatoms. The molecule has 0 aliphatic heterocycles. The van der Waals surface area contributed by atoms with Gasteiger partial charge in [-0.2, -0.15) is 0 Å². The van der Waals surface area contributed by atoms with Gasteiger partial charge >= 0.3 is 0 Å².